The SMILES string of the molecule is Clc1cc(Cl)cc([C]2CCCO2)c1. The van der Waals surface area contributed by atoms with Gasteiger partial charge >= 0.3 is 0 Å². The quantitative estimate of drug-likeness (QED) is 0.695. The van der Waals surface area contributed by atoms with Crippen LogP contribution in [0.15, 0.2) is 18.2 Å². The van der Waals surface area contributed by atoms with Crippen LogP contribution in [0.3, 0.4) is 0 Å². The summed E-state index contributed by atoms with van der Waals surface area (Å²) in [6.07, 6.45) is 3.07. The second-order valence-corrected chi connectivity index (χ2v) is 3.91. The Hall–Kier alpha value is -0.240. The molecule has 1 nitrogen and oxygen atoms in total. The molecule has 1 radical (unpaired) electrons. The van der Waals surface area contributed by atoms with Crippen molar-refractivity contribution in [3.63, 3.8) is 0 Å². The topological polar surface area (TPSA) is 9.23 Å². The van der Waals surface area contributed by atoms with Gasteiger partial charge in [-0.1, -0.05) is 23.2 Å². The van der Waals surface area contributed by atoms with Crippen LogP contribution in [0.1, 0.15) is 18.4 Å². The van der Waals surface area contributed by atoms with Crippen LogP contribution in [0, 0.1) is 6.10 Å². The first-order chi connectivity index (χ1) is 6.25. The van der Waals surface area contributed by atoms with E-state index in [0.717, 1.165) is 31.1 Å². The molecule has 0 N–H and O–H groups in total. The number of ether oxygens (including phenoxy) is 1. The van der Waals surface area contributed by atoms with E-state index in [0.29, 0.717) is 10.0 Å². The molecule has 3 heteroatoms. The summed E-state index contributed by atoms with van der Waals surface area (Å²) in [5.41, 5.74) is 1.01. The lowest BCUT2D eigenvalue weighted by molar-refractivity contribution is 0.216. The van der Waals surface area contributed by atoms with E-state index in [1.807, 2.05) is 12.1 Å². The van der Waals surface area contributed by atoms with Gasteiger partial charge < -0.3 is 4.74 Å². The smallest absolute Gasteiger partial charge is 0.126 e. The molecule has 0 spiro atoms. The van der Waals surface area contributed by atoms with Crippen molar-refractivity contribution in [2.75, 3.05) is 6.61 Å². The predicted octanol–water partition coefficient (Wildman–Crippen LogP) is 3.68. The van der Waals surface area contributed by atoms with Crippen molar-refractivity contribution in [2.45, 2.75) is 12.8 Å². The van der Waals surface area contributed by atoms with Crippen molar-refractivity contribution < 1.29 is 4.74 Å². The molecule has 0 atom stereocenters. The summed E-state index contributed by atoms with van der Waals surface area (Å²) in [7, 11) is 0. The van der Waals surface area contributed by atoms with Gasteiger partial charge in [0.1, 0.15) is 6.10 Å². The summed E-state index contributed by atoms with van der Waals surface area (Å²) in [4.78, 5) is 0. The summed E-state index contributed by atoms with van der Waals surface area (Å²) in [6, 6.07) is 5.49. The second kappa shape index (κ2) is 3.87. The first kappa shape index (κ1) is 9.32. The normalized spacial score (nSPS) is 18.0. The second-order valence-electron chi connectivity index (χ2n) is 3.03. The molecule has 1 saturated heterocycles. The van der Waals surface area contributed by atoms with E-state index < -0.39 is 0 Å². The number of rotatable bonds is 1. The molecule has 0 unspecified atom stereocenters. The Labute approximate surface area is 87.6 Å². The average Bonchev–Trinajstić information content (AvgIpc) is 2.53. The maximum atomic E-state index is 5.88. The summed E-state index contributed by atoms with van der Waals surface area (Å²) in [5.74, 6) is 0. The maximum absolute atomic E-state index is 5.88. The van der Waals surface area contributed by atoms with Crippen LogP contribution in [0.5, 0.6) is 0 Å². The van der Waals surface area contributed by atoms with E-state index in [1.165, 1.54) is 0 Å². The fourth-order valence-electron chi connectivity index (χ4n) is 1.44. The lowest BCUT2D eigenvalue weighted by Crippen LogP contribution is -1.96. The first-order valence-corrected chi connectivity index (χ1v) is 4.96. The molecule has 1 aromatic carbocycles. The Morgan fingerprint density at radius 3 is 2.31 bits per heavy atom. The van der Waals surface area contributed by atoms with Crippen molar-refractivity contribution in [1.29, 1.82) is 0 Å². The zero-order chi connectivity index (χ0) is 9.26. The van der Waals surface area contributed by atoms with Gasteiger partial charge in [0.05, 0.1) is 0 Å². The lowest BCUT2D eigenvalue weighted by atomic mass is 10.1. The minimum atomic E-state index is 0.658. The predicted molar refractivity (Wildman–Crippen MR) is 54.0 cm³/mol. The van der Waals surface area contributed by atoms with Crippen molar-refractivity contribution in [1.82, 2.24) is 0 Å². The van der Waals surface area contributed by atoms with Gasteiger partial charge in [-0.15, -0.1) is 0 Å². The van der Waals surface area contributed by atoms with Gasteiger partial charge in [-0.25, -0.2) is 0 Å². The fraction of sp³-hybridized carbons (Fsp3) is 0.300. The molecule has 0 saturated carbocycles. The zero-order valence-corrected chi connectivity index (χ0v) is 8.53. The van der Waals surface area contributed by atoms with Crippen LogP contribution in [-0.4, -0.2) is 6.61 Å². The molecule has 0 amide bonds. The van der Waals surface area contributed by atoms with Crippen molar-refractivity contribution >= 4 is 23.2 Å². The molecule has 0 aromatic heterocycles. The third-order valence-electron chi connectivity index (χ3n) is 2.01. The number of benzene rings is 1. The number of halogens is 2. The minimum absolute atomic E-state index is 0.658. The zero-order valence-electron chi connectivity index (χ0n) is 7.02. The maximum Gasteiger partial charge on any atom is 0.126 e. The Morgan fingerprint density at radius 1 is 1.08 bits per heavy atom. The third-order valence-corrected chi connectivity index (χ3v) is 2.45. The van der Waals surface area contributed by atoms with Gasteiger partial charge in [0.2, 0.25) is 0 Å². The van der Waals surface area contributed by atoms with Gasteiger partial charge in [-0.3, -0.25) is 0 Å². The van der Waals surface area contributed by atoms with Crippen molar-refractivity contribution in [3.05, 3.63) is 39.9 Å². The number of hydrogen-bond donors (Lipinski definition) is 0. The summed E-state index contributed by atoms with van der Waals surface area (Å²) in [6.45, 7) is 0.805. The molecule has 69 valence electrons. The van der Waals surface area contributed by atoms with E-state index >= 15 is 0 Å². The van der Waals surface area contributed by atoms with Gasteiger partial charge in [0.15, 0.2) is 0 Å². The summed E-state index contributed by atoms with van der Waals surface area (Å²) in [5, 5.41) is 1.32. The highest BCUT2D eigenvalue weighted by Crippen LogP contribution is 2.31. The fourth-order valence-corrected chi connectivity index (χ4v) is 1.97. The van der Waals surface area contributed by atoms with E-state index in [9.17, 15) is 0 Å². The van der Waals surface area contributed by atoms with E-state index in [4.69, 9.17) is 27.9 Å². The summed E-state index contributed by atoms with van der Waals surface area (Å²) < 4.78 is 5.45. The number of hydrogen-bond acceptors (Lipinski definition) is 1. The van der Waals surface area contributed by atoms with Gasteiger partial charge in [-0.05, 0) is 36.6 Å². The minimum Gasteiger partial charge on any atom is -0.367 e. The summed E-state index contributed by atoms with van der Waals surface area (Å²) >= 11 is 11.8. The molecule has 13 heavy (non-hydrogen) atoms. The Bertz CT molecular complexity index is 286. The van der Waals surface area contributed by atoms with Crippen LogP contribution < -0.4 is 0 Å². The molecule has 1 aliphatic heterocycles. The van der Waals surface area contributed by atoms with Crippen LogP contribution in [-0.2, 0) is 4.74 Å². The van der Waals surface area contributed by atoms with Gasteiger partial charge in [-0.2, -0.15) is 0 Å². The van der Waals surface area contributed by atoms with Crippen LogP contribution in [0.25, 0.3) is 0 Å². The van der Waals surface area contributed by atoms with Gasteiger partial charge in [0, 0.05) is 16.7 Å². The highest BCUT2D eigenvalue weighted by molar-refractivity contribution is 6.34. The first-order valence-electron chi connectivity index (χ1n) is 4.21. The Morgan fingerprint density at radius 2 is 1.77 bits per heavy atom. The Balaban J connectivity index is 2.28. The van der Waals surface area contributed by atoms with Crippen molar-refractivity contribution in [2.24, 2.45) is 0 Å². The molecule has 0 aliphatic carbocycles. The van der Waals surface area contributed by atoms with Crippen LogP contribution >= 0.6 is 23.2 Å². The molecule has 2 rings (SSSR count). The Kier molecular flexibility index (Phi) is 2.77. The molecule has 1 heterocycles. The molecular weight excluding hydrogens is 207 g/mol. The van der Waals surface area contributed by atoms with E-state index in [2.05, 4.69) is 0 Å². The standard InChI is InChI=1S/C10H9Cl2O/c11-8-4-7(5-9(12)6-8)10-2-1-3-13-10/h4-6H,1-3H2. The monoisotopic (exact) mass is 215 g/mol. The molecule has 1 aromatic rings. The van der Waals surface area contributed by atoms with Crippen molar-refractivity contribution in [3.8, 4) is 0 Å². The highest BCUT2D eigenvalue weighted by Gasteiger charge is 2.19. The van der Waals surface area contributed by atoms with E-state index in [-0.39, 0.29) is 0 Å². The molecule has 0 bridgehead atoms. The van der Waals surface area contributed by atoms with Gasteiger partial charge in [0.25, 0.3) is 0 Å². The highest BCUT2D eigenvalue weighted by atomic mass is 35.5. The largest absolute Gasteiger partial charge is 0.367 e. The van der Waals surface area contributed by atoms with Crippen LogP contribution in [0.2, 0.25) is 10.0 Å². The van der Waals surface area contributed by atoms with Crippen LogP contribution in [0.4, 0.5) is 0 Å². The lowest BCUT2D eigenvalue weighted by Gasteiger charge is -2.08. The van der Waals surface area contributed by atoms with E-state index in [1.54, 1.807) is 6.07 Å². The molecule has 1 aliphatic rings. The molecule has 1 fully saturated rings. The average molecular weight is 216 g/mol. The molecular formula is C10H9Cl2O. The third kappa shape index (κ3) is 2.16.